The number of sulfonamides is 1. The highest BCUT2D eigenvalue weighted by Gasteiger charge is 2.31. The van der Waals surface area contributed by atoms with Crippen molar-refractivity contribution in [3.05, 3.63) is 27.7 Å². The van der Waals surface area contributed by atoms with E-state index in [4.69, 9.17) is 23.2 Å². The van der Waals surface area contributed by atoms with Gasteiger partial charge in [-0.15, -0.1) is 11.6 Å². The van der Waals surface area contributed by atoms with Gasteiger partial charge in [0.1, 0.15) is 4.90 Å². The van der Waals surface area contributed by atoms with Gasteiger partial charge in [0.05, 0.1) is 5.02 Å². The monoisotopic (exact) mass is 385 g/mol. The first-order valence-corrected chi connectivity index (χ1v) is 9.16. The predicted molar refractivity (Wildman–Crippen MR) is 81.3 cm³/mol. The minimum Gasteiger partial charge on any atom is -0.208 e. The van der Waals surface area contributed by atoms with Gasteiger partial charge in [0.15, 0.2) is 0 Å². The zero-order chi connectivity index (χ0) is 14.0. The second kappa shape index (κ2) is 6.31. The molecule has 1 fully saturated rings. The van der Waals surface area contributed by atoms with Crippen molar-refractivity contribution >= 4 is 49.2 Å². The van der Waals surface area contributed by atoms with Crippen molar-refractivity contribution in [3.8, 4) is 0 Å². The van der Waals surface area contributed by atoms with Gasteiger partial charge in [-0.3, -0.25) is 0 Å². The van der Waals surface area contributed by atoms with E-state index in [0.717, 1.165) is 23.7 Å². The van der Waals surface area contributed by atoms with Crippen molar-refractivity contribution in [2.24, 2.45) is 5.92 Å². The quantitative estimate of drug-likeness (QED) is 0.800. The zero-order valence-corrected chi connectivity index (χ0v) is 14.0. The number of alkyl halides is 1. The highest BCUT2D eigenvalue weighted by atomic mass is 79.9. The minimum atomic E-state index is -3.60. The van der Waals surface area contributed by atoms with Crippen LogP contribution in [0.15, 0.2) is 27.6 Å². The molecule has 2 unspecified atom stereocenters. The van der Waals surface area contributed by atoms with Crippen molar-refractivity contribution < 1.29 is 8.42 Å². The first-order chi connectivity index (χ1) is 8.94. The summed E-state index contributed by atoms with van der Waals surface area (Å²) in [6, 6.07) is 4.64. The van der Waals surface area contributed by atoms with Crippen LogP contribution in [-0.4, -0.2) is 20.3 Å². The molecule has 0 heterocycles. The molecule has 1 aliphatic carbocycles. The summed E-state index contributed by atoms with van der Waals surface area (Å²) >= 11 is 15.1. The third kappa shape index (κ3) is 3.64. The van der Waals surface area contributed by atoms with Crippen molar-refractivity contribution in [2.45, 2.75) is 30.2 Å². The summed E-state index contributed by atoms with van der Waals surface area (Å²) in [7, 11) is -3.60. The number of nitrogens with one attached hydrogen (secondary N) is 1. The molecule has 1 aromatic carbocycles. The van der Waals surface area contributed by atoms with Gasteiger partial charge >= 0.3 is 0 Å². The average Bonchev–Trinajstić information content (AvgIpc) is 2.74. The molecule has 0 spiro atoms. The third-order valence-corrected chi connectivity index (χ3v) is 6.21. The van der Waals surface area contributed by atoms with Crippen LogP contribution in [0, 0.1) is 5.92 Å². The molecular formula is C12H14BrCl2NO2S. The molecule has 0 amide bonds. The van der Waals surface area contributed by atoms with E-state index in [9.17, 15) is 8.42 Å². The lowest BCUT2D eigenvalue weighted by Gasteiger charge is -2.19. The normalized spacial score (nSPS) is 23.7. The summed E-state index contributed by atoms with van der Waals surface area (Å²) in [5, 5.41) is 0.210. The Kier molecular flexibility index (Phi) is 5.17. The smallest absolute Gasteiger partial charge is 0.208 e. The number of halogens is 3. The molecule has 7 heteroatoms. The highest BCUT2D eigenvalue weighted by Crippen LogP contribution is 2.30. The van der Waals surface area contributed by atoms with E-state index in [1.165, 1.54) is 6.07 Å². The van der Waals surface area contributed by atoms with Crippen molar-refractivity contribution in [3.63, 3.8) is 0 Å². The molecule has 1 aliphatic rings. The van der Waals surface area contributed by atoms with Crippen LogP contribution in [-0.2, 0) is 10.0 Å². The van der Waals surface area contributed by atoms with Gasteiger partial charge in [-0.25, -0.2) is 13.1 Å². The number of rotatable bonds is 4. The molecule has 0 radical (unpaired) electrons. The first kappa shape index (κ1) is 15.6. The fourth-order valence-electron chi connectivity index (χ4n) is 2.33. The molecule has 106 valence electrons. The largest absolute Gasteiger partial charge is 0.242 e. The third-order valence-electron chi connectivity index (χ3n) is 3.35. The van der Waals surface area contributed by atoms with Crippen LogP contribution in [0.4, 0.5) is 0 Å². The molecule has 2 rings (SSSR count). The molecule has 1 saturated carbocycles. The number of hydrogen-bond donors (Lipinski definition) is 1. The second-order valence-electron chi connectivity index (χ2n) is 4.65. The van der Waals surface area contributed by atoms with Crippen LogP contribution in [0.2, 0.25) is 5.02 Å². The van der Waals surface area contributed by atoms with Crippen LogP contribution in [0.5, 0.6) is 0 Å². The van der Waals surface area contributed by atoms with E-state index in [0.29, 0.717) is 5.88 Å². The lowest BCUT2D eigenvalue weighted by molar-refractivity contribution is 0.480. The van der Waals surface area contributed by atoms with Crippen molar-refractivity contribution in [1.29, 1.82) is 0 Å². The van der Waals surface area contributed by atoms with Gasteiger partial charge < -0.3 is 0 Å². The molecule has 3 nitrogen and oxygen atoms in total. The summed E-state index contributed by atoms with van der Waals surface area (Å²) in [6.45, 7) is 0. The van der Waals surface area contributed by atoms with E-state index in [1.54, 1.807) is 12.1 Å². The van der Waals surface area contributed by atoms with Crippen LogP contribution >= 0.6 is 39.1 Å². The Hall–Kier alpha value is 0.190. The standard InChI is InChI=1S/C12H14BrCl2NO2S/c13-9-4-5-12(10(15)6-9)19(17,18)16-11-3-1-2-8(11)7-14/h4-6,8,11,16H,1-3,7H2. The summed E-state index contributed by atoms with van der Waals surface area (Å²) in [6.07, 6.45) is 2.79. The first-order valence-electron chi connectivity index (χ1n) is 5.97. The number of hydrogen-bond acceptors (Lipinski definition) is 2. The Morgan fingerprint density at radius 1 is 1.37 bits per heavy atom. The molecule has 2 atom stereocenters. The SMILES string of the molecule is O=S(=O)(NC1CCCC1CCl)c1ccc(Br)cc1Cl. The summed E-state index contributed by atoms with van der Waals surface area (Å²) < 4.78 is 28.1. The van der Waals surface area contributed by atoms with E-state index < -0.39 is 10.0 Å². The lowest BCUT2D eigenvalue weighted by Crippen LogP contribution is -2.38. The molecular weight excluding hydrogens is 373 g/mol. The highest BCUT2D eigenvalue weighted by molar-refractivity contribution is 9.10. The second-order valence-corrected chi connectivity index (χ2v) is 7.96. The van der Waals surface area contributed by atoms with Crippen LogP contribution in [0.3, 0.4) is 0 Å². The van der Waals surface area contributed by atoms with E-state index in [2.05, 4.69) is 20.7 Å². The fraction of sp³-hybridized carbons (Fsp3) is 0.500. The Morgan fingerprint density at radius 2 is 2.11 bits per heavy atom. The van der Waals surface area contributed by atoms with E-state index >= 15 is 0 Å². The Labute approximate surface area is 131 Å². The van der Waals surface area contributed by atoms with Crippen molar-refractivity contribution in [1.82, 2.24) is 4.72 Å². The van der Waals surface area contributed by atoms with Gasteiger partial charge in [-0.2, -0.15) is 0 Å². The summed E-state index contributed by atoms with van der Waals surface area (Å²) in [5.41, 5.74) is 0. The maximum Gasteiger partial charge on any atom is 0.242 e. The zero-order valence-electron chi connectivity index (χ0n) is 10.1. The Morgan fingerprint density at radius 3 is 2.74 bits per heavy atom. The Bertz CT molecular complexity index is 565. The summed E-state index contributed by atoms with van der Waals surface area (Å²) in [4.78, 5) is 0.109. The maximum absolute atomic E-state index is 12.3. The predicted octanol–water partition coefficient (Wildman–Crippen LogP) is 3.79. The fourth-order valence-corrected chi connectivity index (χ4v) is 5.08. The average molecular weight is 387 g/mol. The maximum atomic E-state index is 12.3. The molecule has 19 heavy (non-hydrogen) atoms. The van der Waals surface area contributed by atoms with Gasteiger partial charge in [0.25, 0.3) is 0 Å². The minimum absolute atomic E-state index is 0.0952. The lowest BCUT2D eigenvalue weighted by atomic mass is 10.1. The van der Waals surface area contributed by atoms with E-state index in [1.807, 2.05) is 0 Å². The Balaban J connectivity index is 2.23. The molecule has 1 aromatic rings. The molecule has 0 saturated heterocycles. The molecule has 0 bridgehead atoms. The van der Waals surface area contributed by atoms with Gasteiger partial charge in [-0.05, 0) is 37.0 Å². The van der Waals surface area contributed by atoms with E-state index in [-0.39, 0.29) is 21.9 Å². The van der Waals surface area contributed by atoms with Crippen LogP contribution in [0.25, 0.3) is 0 Å². The number of benzene rings is 1. The van der Waals surface area contributed by atoms with Crippen LogP contribution in [0.1, 0.15) is 19.3 Å². The molecule has 0 aromatic heterocycles. The van der Waals surface area contributed by atoms with Gasteiger partial charge in [0.2, 0.25) is 10.0 Å². The molecule has 1 N–H and O–H groups in total. The summed E-state index contributed by atoms with van der Waals surface area (Å²) in [5.74, 6) is 0.673. The van der Waals surface area contributed by atoms with Gasteiger partial charge in [0, 0.05) is 16.4 Å². The van der Waals surface area contributed by atoms with Gasteiger partial charge in [-0.1, -0.05) is 34.0 Å². The van der Waals surface area contributed by atoms with Crippen molar-refractivity contribution in [2.75, 3.05) is 5.88 Å². The molecule has 0 aliphatic heterocycles. The topological polar surface area (TPSA) is 46.2 Å². The van der Waals surface area contributed by atoms with Crippen LogP contribution < -0.4 is 4.72 Å².